The molecule has 8 heteroatoms. The van der Waals surface area contributed by atoms with Crippen LogP contribution in [0, 0.1) is 6.92 Å². The summed E-state index contributed by atoms with van der Waals surface area (Å²) in [5.41, 5.74) is 3.02. The first-order valence-electron chi connectivity index (χ1n) is 7.31. The number of aryl methyl sites for hydroxylation is 1. The number of halogens is 2. The molecular formula is C17H13Cl2N5O. The zero-order valence-corrected chi connectivity index (χ0v) is 14.7. The first kappa shape index (κ1) is 17.1. The van der Waals surface area contributed by atoms with E-state index in [9.17, 15) is 4.79 Å². The van der Waals surface area contributed by atoms with E-state index in [0.29, 0.717) is 21.3 Å². The highest BCUT2D eigenvalue weighted by Gasteiger charge is 2.06. The van der Waals surface area contributed by atoms with Crippen molar-refractivity contribution < 1.29 is 4.79 Å². The fourth-order valence-corrected chi connectivity index (χ4v) is 2.80. The van der Waals surface area contributed by atoms with Gasteiger partial charge in [0.05, 0.1) is 5.69 Å². The number of benzene rings is 2. The Bertz CT molecular complexity index is 918. The Kier molecular flexibility index (Phi) is 5.11. The van der Waals surface area contributed by atoms with E-state index in [-0.39, 0.29) is 5.91 Å². The number of hydrogen-bond donors (Lipinski definition) is 1. The second-order valence-corrected chi connectivity index (χ2v) is 6.03. The van der Waals surface area contributed by atoms with Gasteiger partial charge in [-0.25, -0.2) is 4.68 Å². The molecule has 0 aliphatic rings. The van der Waals surface area contributed by atoms with Crippen LogP contribution in [0.5, 0.6) is 0 Å². The number of tetrazole rings is 1. The minimum atomic E-state index is -0.287. The van der Waals surface area contributed by atoms with E-state index in [0.717, 1.165) is 11.3 Å². The van der Waals surface area contributed by atoms with Crippen molar-refractivity contribution >= 4 is 40.9 Å². The van der Waals surface area contributed by atoms with Crippen LogP contribution >= 0.6 is 23.2 Å². The van der Waals surface area contributed by atoms with Gasteiger partial charge in [0, 0.05) is 27.4 Å². The standard InChI is InChI=1S/C17H13Cl2N5O/c1-11-9-12(5-7-16(11)24-10-20-22-23-24)21-17(25)8-6-13-14(18)3-2-4-15(13)19/h2-10H,1H3,(H,21,25). The van der Waals surface area contributed by atoms with Crippen LogP contribution in [0.4, 0.5) is 5.69 Å². The van der Waals surface area contributed by atoms with Crippen molar-refractivity contribution in [3.05, 3.63) is 70.0 Å². The minimum absolute atomic E-state index is 0.287. The van der Waals surface area contributed by atoms with Gasteiger partial charge in [0.25, 0.3) is 0 Å². The molecule has 0 saturated carbocycles. The van der Waals surface area contributed by atoms with E-state index in [2.05, 4.69) is 20.8 Å². The third-order valence-electron chi connectivity index (χ3n) is 3.46. The van der Waals surface area contributed by atoms with Crippen LogP contribution in [-0.4, -0.2) is 26.1 Å². The maximum Gasteiger partial charge on any atom is 0.248 e. The van der Waals surface area contributed by atoms with Gasteiger partial charge in [0.1, 0.15) is 6.33 Å². The minimum Gasteiger partial charge on any atom is -0.323 e. The lowest BCUT2D eigenvalue weighted by Gasteiger charge is -2.08. The van der Waals surface area contributed by atoms with Gasteiger partial charge in [0.2, 0.25) is 5.91 Å². The van der Waals surface area contributed by atoms with E-state index >= 15 is 0 Å². The largest absolute Gasteiger partial charge is 0.323 e. The summed E-state index contributed by atoms with van der Waals surface area (Å²) in [7, 11) is 0. The number of nitrogens with zero attached hydrogens (tertiary/aromatic N) is 4. The summed E-state index contributed by atoms with van der Waals surface area (Å²) < 4.78 is 1.56. The van der Waals surface area contributed by atoms with Gasteiger partial charge in [0.15, 0.2) is 0 Å². The van der Waals surface area contributed by atoms with Gasteiger partial charge in [-0.15, -0.1) is 5.10 Å². The fraction of sp³-hybridized carbons (Fsp3) is 0.0588. The Hall–Kier alpha value is -2.70. The summed E-state index contributed by atoms with van der Waals surface area (Å²) in [6.07, 6.45) is 4.48. The van der Waals surface area contributed by atoms with Crippen LogP contribution in [0.3, 0.4) is 0 Å². The molecule has 3 aromatic rings. The summed E-state index contributed by atoms with van der Waals surface area (Å²) in [4.78, 5) is 12.1. The molecule has 0 radical (unpaired) electrons. The molecule has 25 heavy (non-hydrogen) atoms. The highest BCUT2D eigenvalue weighted by molar-refractivity contribution is 6.37. The molecule has 1 aromatic heterocycles. The number of aromatic nitrogens is 4. The molecular weight excluding hydrogens is 361 g/mol. The number of rotatable bonds is 4. The maximum atomic E-state index is 12.1. The van der Waals surface area contributed by atoms with Gasteiger partial charge in [-0.05, 0) is 59.3 Å². The van der Waals surface area contributed by atoms with Gasteiger partial charge in [-0.2, -0.15) is 0 Å². The third-order valence-corrected chi connectivity index (χ3v) is 4.12. The van der Waals surface area contributed by atoms with Gasteiger partial charge >= 0.3 is 0 Å². The first-order chi connectivity index (χ1) is 12.0. The molecule has 0 spiro atoms. The summed E-state index contributed by atoms with van der Waals surface area (Å²) in [6.45, 7) is 1.91. The number of anilines is 1. The van der Waals surface area contributed by atoms with Crippen molar-refractivity contribution in [2.45, 2.75) is 6.92 Å². The average Bonchev–Trinajstić information content (AvgIpc) is 3.08. The van der Waals surface area contributed by atoms with Crippen LogP contribution < -0.4 is 5.32 Å². The Balaban J connectivity index is 1.73. The van der Waals surface area contributed by atoms with Crippen LogP contribution in [0.15, 0.2) is 48.8 Å². The number of carbonyl (C=O) groups is 1. The molecule has 2 aromatic carbocycles. The van der Waals surface area contributed by atoms with Crippen molar-refractivity contribution in [3.63, 3.8) is 0 Å². The molecule has 0 fully saturated rings. The Morgan fingerprint density at radius 3 is 2.60 bits per heavy atom. The quantitative estimate of drug-likeness (QED) is 0.703. The molecule has 3 rings (SSSR count). The molecule has 1 heterocycles. The summed E-state index contributed by atoms with van der Waals surface area (Å²) in [6, 6.07) is 10.6. The average molecular weight is 374 g/mol. The molecule has 0 saturated heterocycles. The van der Waals surface area contributed by atoms with E-state index in [1.807, 2.05) is 19.1 Å². The molecule has 126 valence electrons. The third kappa shape index (κ3) is 4.04. The van der Waals surface area contributed by atoms with E-state index in [1.54, 1.807) is 35.0 Å². The van der Waals surface area contributed by atoms with E-state index in [1.165, 1.54) is 12.4 Å². The Labute approximate surface area is 154 Å². The summed E-state index contributed by atoms with van der Waals surface area (Å²) in [5.74, 6) is -0.287. The molecule has 0 unspecified atom stereocenters. The topological polar surface area (TPSA) is 72.7 Å². The smallest absolute Gasteiger partial charge is 0.248 e. The second kappa shape index (κ2) is 7.46. The Morgan fingerprint density at radius 2 is 1.96 bits per heavy atom. The van der Waals surface area contributed by atoms with Crippen LogP contribution in [0.1, 0.15) is 11.1 Å². The molecule has 0 atom stereocenters. The monoisotopic (exact) mass is 373 g/mol. The van der Waals surface area contributed by atoms with Gasteiger partial charge in [-0.3, -0.25) is 4.79 Å². The van der Waals surface area contributed by atoms with Crippen molar-refractivity contribution in [1.29, 1.82) is 0 Å². The first-order valence-corrected chi connectivity index (χ1v) is 8.07. The Morgan fingerprint density at radius 1 is 1.20 bits per heavy atom. The SMILES string of the molecule is Cc1cc(NC(=O)C=Cc2c(Cl)cccc2Cl)ccc1-n1cnnn1. The zero-order valence-electron chi connectivity index (χ0n) is 13.1. The number of nitrogens with one attached hydrogen (secondary N) is 1. The predicted octanol–water partition coefficient (Wildman–Crippen LogP) is 3.93. The van der Waals surface area contributed by atoms with E-state index < -0.39 is 0 Å². The highest BCUT2D eigenvalue weighted by atomic mass is 35.5. The maximum absolute atomic E-state index is 12.1. The van der Waals surface area contributed by atoms with Gasteiger partial charge in [-0.1, -0.05) is 29.3 Å². The van der Waals surface area contributed by atoms with E-state index in [4.69, 9.17) is 23.2 Å². The van der Waals surface area contributed by atoms with Crippen molar-refractivity contribution in [3.8, 4) is 5.69 Å². The van der Waals surface area contributed by atoms with Crippen molar-refractivity contribution in [2.75, 3.05) is 5.32 Å². The van der Waals surface area contributed by atoms with Crippen LogP contribution in [0.2, 0.25) is 10.0 Å². The lowest BCUT2D eigenvalue weighted by atomic mass is 10.1. The van der Waals surface area contributed by atoms with Gasteiger partial charge < -0.3 is 5.32 Å². The summed E-state index contributed by atoms with van der Waals surface area (Å²) >= 11 is 12.1. The number of amides is 1. The fourth-order valence-electron chi connectivity index (χ4n) is 2.27. The number of hydrogen-bond acceptors (Lipinski definition) is 4. The lowest BCUT2D eigenvalue weighted by molar-refractivity contribution is -0.111. The molecule has 1 amide bonds. The molecule has 0 aliphatic heterocycles. The molecule has 1 N–H and O–H groups in total. The normalized spacial score (nSPS) is 11.0. The highest BCUT2D eigenvalue weighted by Crippen LogP contribution is 2.25. The van der Waals surface area contributed by atoms with Crippen LogP contribution in [0.25, 0.3) is 11.8 Å². The predicted molar refractivity (Wildman–Crippen MR) is 98.0 cm³/mol. The van der Waals surface area contributed by atoms with Crippen LogP contribution in [-0.2, 0) is 4.79 Å². The second-order valence-electron chi connectivity index (χ2n) is 5.21. The zero-order chi connectivity index (χ0) is 17.8. The van der Waals surface area contributed by atoms with Crippen molar-refractivity contribution in [1.82, 2.24) is 20.2 Å². The number of carbonyl (C=O) groups excluding carboxylic acids is 1. The lowest BCUT2D eigenvalue weighted by Crippen LogP contribution is -2.08. The molecule has 0 aliphatic carbocycles. The molecule has 6 nitrogen and oxygen atoms in total. The summed E-state index contributed by atoms with van der Waals surface area (Å²) in [5, 5.41) is 14.8. The van der Waals surface area contributed by atoms with Crippen molar-refractivity contribution in [2.24, 2.45) is 0 Å². The molecule has 0 bridgehead atoms.